The van der Waals surface area contributed by atoms with Crippen LogP contribution in [-0.2, 0) is 5.11 Å². The Labute approximate surface area is 83.9 Å². The van der Waals surface area contributed by atoms with Crippen LogP contribution in [-0.4, -0.2) is 14.0 Å². The van der Waals surface area contributed by atoms with Crippen molar-refractivity contribution in [3.05, 3.63) is 0 Å². The minimum Gasteiger partial charge on any atom is -0.229 e. The Morgan fingerprint density at radius 1 is 1.67 bits per heavy atom. The highest BCUT2D eigenvalue weighted by atomic mass is 127. The Morgan fingerprint density at radius 2 is 2.11 bits per heavy atom. The Balaban J connectivity index is 3.80. The fourth-order valence-electron chi connectivity index (χ4n) is 0.385. The standard InChI is InChI=1S/C6H11I2O/c1-3-6(2,9)5(8)4-7/h5H,3-4H2,1-2H3. The summed E-state index contributed by atoms with van der Waals surface area (Å²) in [5.74, 6) is 0. The van der Waals surface area contributed by atoms with Crippen LogP contribution in [0.4, 0.5) is 0 Å². The molecule has 0 saturated carbocycles. The average molecular weight is 353 g/mol. The highest BCUT2D eigenvalue weighted by Gasteiger charge is 2.28. The van der Waals surface area contributed by atoms with Gasteiger partial charge < -0.3 is 0 Å². The SMILES string of the molecule is CCC(C)([O])C(I)CI. The number of hydrogen-bond donors (Lipinski definition) is 0. The van der Waals surface area contributed by atoms with E-state index in [4.69, 9.17) is 0 Å². The van der Waals surface area contributed by atoms with Gasteiger partial charge in [0.25, 0.3) is 0 Å². The molecule has 0 aliphatic heterocycles. The van der Waals surface area contributed by atoms with E-state index in [1.54, 1.807) is 6.92 Å². The Kier molecular flexibility index (Phi) is 5.01. The first-order valence-corrected chi connectivity index (χ1v) is 5.72. The van der Waals surface area contributed by atoms with Crippen molar-refractivity contribution in [3.63, 3.8) is 0 Å². The number of halogens is 2. The van der Waals surface area contributed by atoms with Gasteiger partial charge in [-0.2, -0.15) is 0 Å². The van der Waals surface area contributed by atoms with Gasteiger partial charge in [-0.1, -0.05) is 52.1 Å². The van der Waals surface area contributed by atoms with E-state index in [-0.39, 0.29) is 3.92 Å². The molecule has 0 saturated heterocycles. The van der Waals surface area contributed by atoms with Crippen LogP contribution >= 0.6 is 45.2 Å². The van der Waals surface area contributed by atoms with Crippen LogP contribution in [0.15, 0.2) is 0 Å². The lowest BCUT2D eigenvalue weighted by Crippen LogP contribution is -2.33. The second kappa shape index (κ2) is 4.33. The molecule has 0 spiro atoms. The minimum atomic E-state index is -0.720. The van der Waals surface area contributed by atoms with Gasteiger partial charge in [-0.25, -0.2) is 5.11 Å². The first-order chi connectivity index (χ1) is 4.04. The minimum absolute atomic E-state index is 0.265. The molecule has 0 aliphatic rings. The summed E-state index contributed by atoms with van der Waals surface area (Å²) in [7, 11) is 0. The summed E-state index contributed by atoms with van der Waals surface area (Å²) in [5.41, 5.74) is -0.720. The second-order valence-electron chi connectivity index (χ2n) is 2.29. The largest absolute Gasteiger partial charge is 0.229 e. The van der Waals surface area contributed by atoms with Crippen LogP contribution in [0.1, 0.15) is 20.3 Å². The Hall–Kier alpha value is 1.42. The van der Waals surface area contributed by atoms with Crippen molar-refractivity contribution in [2.75, 3.05) is 4.43 Å². The molecule has 0 N–H and O–H groups in total. The fraction of sp³-hybridized carbons (Fsp3) is 1.00. The Bertz CT molecular complexity index is 83.1. The molecular formula is C6H11I2O. The van der Waals surface area contributed by atoms with Gasteiger partial charge in [-0.15, -0.1) is 0 Å². The molecular weight excluding hydrogens is 342 g/mol. The zero-order valence-electron chi connectivity index (χ0n) is 5.66. The van der Waals surface area contributed by atoms with E-state index < -0.39 is 5.60 Å². The molecule has 1 nitrogen and oxygen atoms in total. The van der Waals surface area contributed by atoms with Gasteiger partial charge in [0.1, 0.15) is 5.60 Å². The highest BCUT2D eigenvalue weighted by Crippen LogP contribution is 2.24. The third kappa shape index (κ3) is 3.36. The maximum Gasteiger partial charge on any atom is 0.113 e. The molecule has 55 valence electrons. The maximum absolute atomic E-state index is 11.4. The van der Waals surface area contributed by atoms with E-state index in [1.807, 2.05) is 6.92 Å². The monoisotopic (exact) mass is 353 g/mol. The van der Waals surface area contributed by atoms with E-state index in [2.05, 4.69) is 45.2 Å². The van der Waals surface area contributed by atoms with Crippen molar-refractivity contribution in [2.24, 2.45) is 0 Å². The predicted octanol–water partition coefficient (Wildman–Crippen LogP) is 2.82. The lowest BCUT2D eigenvalue weighted by molar-refractivity contribution is -0.00908. The predicted molar refractivity (Wildman–Crippen MR) is 56.1 cm³/mol. The molecule has 0 aromatic rings. The van der Waals surface area contributed by atoms with E-state index >= 15 is 0 Å². The lowest BCUT2D eigenvalue weighted by Gasteiger charge is -2.22. The van der Waals surface area contributed by atoms with Gasteiger partial charge in [-0.3, -0.25) is 0 Å². The molecule has 9 heavy (non-hydrogen) atoms. The van der Waals surface area contributed by atoms with Crippen LogP contribution in [0.3, 0.4) is 0 Å². The van der Waals surface area contributed by atoms with Gasteiger partial charge >= 0.3 is 0 Å². The molecule has 3 heteroatoms. The van der Waals surface area contributed by atoms with Gasteiger partial charge in [0.15, 0.2) is 0 Å². The lowest BCUT2D eigenvalue weighted by atomic mass is 10.0. The van der Waals surface area contributed by atoms with Gasteiger partial charge in [0.2, 0.25) is 0 Å². The fourth-order valence-corrected chi connectivity index (χ4v) is 1.76. The summed E-state index contributed by atoms with van der Waals surface area (Å²) in [6.45, 7) is 3.73. The first kappa shape index (κ1) is 10.4. The molecule has 1 radical (unpaired) electrons. The molecule has 2 atom stereocenters. The van der Waals surface area contributed by atoms with Crippen LogP contribution in [0.5, 0.6) is 0 Å². The number of hydrogen-bond acceptors (Lipinski definition) is 0. The zero-order valence-corrected chi connectivity index (χ0v) is 9.97. The van der Waals surface area contributed by atoms with E-state index in [0.717, 1.165) is 10.8 Å². The van der Waals surface area contributed by atoms with Crippen molar-refractivity contribution < 1.29 is 5.11 Å². The molecule has 0 aromatic heterocycles. The zero-order chi connectivity index (χ0) is 7.49. The summed E-state index contributed by atoms with van der Waals surface area (Å²) in [6, 6.07) is 0. The van der Waals surface area contributed by atoms with E-state index in [0.29, 0.717) is 0 Å². The van der Waals surface area contributed by atoms with Crippen LogP contribution in [0.25, 0.3) is 0 Å². The van der Waals surface area contributed by atoms with Gasteiger partial charge in [-0.05, 0) is 13.3 Å². The molecule has 0 amide bonds. The molecule has 0 aliphatic carbocycles. The van der Waals surface area contributed by atoms with Crippen molar-refractivity contribution in [2.45, 2.75) is 29.8 Å². The second-order valence-corrected chi connectivity index (χ2v) is 4.67. The van der Waals surface area contributed by atoms with E-state index in [1.165, 1.54) is 0 Å². The molecule has 2 unspecified atom stereocenters. The third-order valence-electron chi connectivity index (χ3n) is 1.50. The summed E-state index contributed by atoms with van der Waals surface area (Å²) in [6.07, 6.45) is 0.726. The average Bonchev–Trinajstić information content (AvgIpc) is 1.86. The molecule has 0 heterocycles. The highest BCUT2D eigenvalue weighted by molar-refractivity contribution is 14.1. The first-order valence-electron chi connectivity index (χ1n) is 2.95. The van der Waals surface area contributed by atoms with Crippen molar-refractivity contribution >= 4 is 45.2 Å². The van der Waals surface area contributed by atoms with Crippen LogP contribution in [0.2, 0.25) is 0 Å². The van der Waals surface area contributed by atoms with Gasteiger partial charge in [0, 0.05) is 4.43 Å². The van der Waals surface area contributed by atoms with Crippen LogP contribution < -0.4 is 0 Å². The third-order valence-corrected chi connectivity index (χ3v) is 5.82. The van der Waals surface area contributed by atoms with Crippen molar-refractivity contribution in [1.29, 1.82) is 0 Å². The van der Waals surface area contributed by atoms with Crippen LogP contribution in [0, 0.1) is 0 Å². The summed E-state index contributed by atoms with van der Waals surface area (Å²) in [4.78, 5) is 0. The van der Waals surface area contributed by atoms with Crippen molar-refractivity contribution in [1.82, 2.24) is 0 Å². The summed E-state index contributed by atoms with van der Waals surface area (Å²) < 4.78 is 1.22. The Morgan fingerprint density at radius 3 is 2.22 bits per heavy atom. The normalized spacial score (nSPS) is 21.0. The number of alkyl halides is 2. The topological polar surface area (TPSA) is 19.9 Å². The molecule has 0 aromatic carbocycles. The molecule has 0 rings (SSSR count). The molecule has 0 bridgehead atoms. The van der Waals surface area contributed by atoms with Crippen molar-refractivity contribution in [3.8, 4) is 0 Å². The smallest absolute Gasteiger partial charge is 0.113 e. The van der Waals surface area contributed by atoms with Gasteiger partial charge in [0.05, 0.1) is 3.92 Å². The summed E-state index contributed by atoms with van der Waals surface area (Å²) in [5, 5.41) is 11.4. The summed E-state index contributed by atoms with van der Waals surface area (Å²) >= 11 is 4.48. The maximum atomic E-state index is 11.4. The molecule has 0 fully saturated rings. The quantitative estimate of drug-likeness (QED) is 0.550. The van der Waals surface area contributed by atoms with E-state index in [9.17, 15) is 5.11 Å². The number of rotatable bonds is 3.